The molecule has 144 valence electrons. The molecule has 0 radical (unpaired) electrons. The minimum absolute atomic E-state index is 0.114. The molecule has 0 bridgehead atoms. The maximum atomic E-state index is 12.3. The molecule has 0 aliphatic carbocycles. The van der Waals surface area contributed by atoms with Gasteiger partial charge in [0.05, 0.1) is 0 Å². The molecule has 0 spiro atoms. The molecule has 1 aromatic rings. The van der Waals surface area contributed by atoms with E-state index in [0.29, 0.717) is 13.1 Å². The van der Waals surface area contributed by atoms with Crippen LogP contribution in [0.15, 0.2) is 24.3 Å². The molecule has 26 heavy (non-hydrogen) atoms. The van der Waals surface area contributed by atoms with Crippen LogP contribution in [0, 0.1) is 5.92 Å². The molecule has 2 rings (SSSR count). The Morgan fingerprint density at radius 1 is 1.12 bits per heavy atom. The third-order valence-electron chi connectivity index (χ3n) is 4.38. The zero-order valence-electron chi connectivity index (χ0n) is 16.3. The summed E-state index contributed by atoms with van der Waals surface area (Å²) in [4.78, 5) is 26.3. The number of nitrogens with one attached hydrogen (secondary N) is 2. The zero-order valence-corrected chi connectivity index (χ0v) is 16.3. The van der Waals surface area contributed by atoms with Crippen molar-refractivity contribution in [3.8, 4) is 0 Å². The largest absolute Gasteiger partial charge is 0.444 e. The van der Waals surface area contributed by atoms with E-state index in [1.165, 1.54) is 0 Å². The molecular formula is C20H31N3O3. The summed E-state index contributed by atoms with van der Waals surface area (Å²) in [5.41, 5.74) is 1.49. The van der Waals surface area contributed by atoms with Crippen LogP contribution in [-0.2, 0) is 22.6 Å². The average molecular weight is 361 g/mol. The quantitative estimate of drug-likeness (QED) is 0.846. The highest BCUT2D eigenvalue weighted by molar-refractivity contribution is 5.78. The SMILES string of the molecule is CN1CCC(C(=O)NCc2cccc(CNC(=O)OC(C)(C)C)c2)CC1. The van der Waals surface area contributed by atoms with E-state index in [2.05, 4.69) is 22.6 Å². The van der Waals surface area contributed by atoms with E-state index in [4.69, 9.17) is 4.74 Å². The highest BCUT2D eigenvalue weighted by Crippen LogP contribution is 2.16. The van der Waals surface area contributed by atoms with Crippen molar-refractivity contribution in [2.75, 3.05) is 20.1 Å². The Labute approximate surface area is 156 Å². The fourth-order valence-corrected chi connectivity index (χ4v) is 2.94. The normalized spacial score (nSPS) is 16.2. The van der Waals surface area contributed by atoms with Gasteiger partial charge < -0.3 is 20.3 Å². The summed E-state index contributed by atoms with van der Waals surface area (Å²) in [5.74, 6) is 0.249. The smallest absolute Gasteiger partial charge is 0.407 e. The molecule has 1 aliphatic heterocycles. The number of piperidine rings is 1. The summed E-state index contributed by atoms with van der Waals surface area (Å²) in [6, 6.07) is 7.85. The summed E-state index contributed by atoms with van der Waals surface area (Å²) in [7, 11) is 2.09. The maximum absolute atomic E-state index is 12.3. The fourth-order valence-electron chi connectivity index (χ4n) is 2.94. The summed E-state index contributed by atoms with van der Waals surface area (Å²) in [6.07, 6.45) is 1.41. The summed E-state index contributed by atoms with van der Waals surface area (Å²) in [5, 5.41) is 5.79. The molecule has 1 fully saturated rings. The van der Waals surface area contributed by atoms with Gasteiger partial charge in [-0.25, -0.2) is 4.79 Å². The second-order valence-electron chi connectivity index (χ2n) is 7.97. The van der Waals surface area contributed by atoms with Crippen molar-refractivity contribution in [3.63, 3.8) is 0 Å². The Hall–Kier alpha value is -2.08. The lowest BCUT2D eigenvalue weighted by molar-refractivity contribution is -0.126. The van der Waals surface area contributed by atoms with Crippen molar-refractivity contribution in [1.82, 2.24) is 15.5 Å². The number of hydrogen-bond acceptors (Lipinski definition) is 4. The minimum atomic E-state index is -0.510. The Morgan fingerprint density at radius 2 is 1.69 bits per heavy atom. The van der Waals surface area contributed by atoms with Gasteiger partial charge in [-0.05, 0) is 64.9 Å². The van der Waals surface area contributed by atoms with Crippen LogP contribution in [0.1, 0.15) is 44.7 Å². The average Bonchev–Trinajstić information content (AvgIpc) is 2.57. The van der Waals surface area contributed by atoms with E-state index in [1.54, 1.807) is 0 Å². The topological polar surface area (TPSA) is 70.7 Å². The first-order valence-electron chi connectivity index (χ1n) is 9.24. The number of benzene rings is 1. The van der Waals surface area contributed by atoms with Crippen LogP contribution in [0.5, 0.6) is 0 Å². The van der Waals surface area contributed by atoms with Crippen LogP contribution < -0.4 is 10.6 Å². The number of amides is 2. The zero-order chi connectivity index (χ0) is 19.2. The van der Waals surface area contributed by atoms with Gasteiger partial charge in [-0.3, -0.25) is 4.79 Å². The summed E-state index contributed by atoms with van der Waals surface area (Å²) in [6.45, 7) is 8.35. The number of rotatable bonds is 5. The summed E-state index contributed by atoms with van der Waals surface area (Å²) >= 11 is 0. The van der Waals surface area contributed by atoms with Crippen molar-refractivity contribution >= 4 is 12.0 Å². The second kappa shape index (κ2) is 9.03. The van der Waals surface area contributed by atoms with Gasteiger partial charge in [0.2, 0.25) is 5.91 Å². The molecule has 1 heterocycles. The van der Waals surface area contributed by atoms with Crippen LogP contribution >= 0.6 is 0 Å². The van der Waals surface area contributed by atoms with Gasteiger partial charge in [-0.2, -0.15) is 0 Å². The first-order chi connectivity index (χ1) is 12.2. The Kier molecular flexibility index (Phi) is 7.03. The molecule has 1 saturated heterocycles. The minimum Gasteiger partial charge on any atom is -0.444 e. The standard InChI is InChI=1S/C20H31N3O3/c1-20(2,3)26-19(25)22-14-16-7-5-6-15(12-16)13-21-18(24)17-8-10-23(4)11-9-17/h5-7,12,17H,8-11,13-14H2,1-4H3,(H,21,24)(H,22,25). The third-order valence-corrected chi connectivity index (χ3v) is 4.38. The number of carbonyl (C=O) groups is 2. The van der Waals surface area contributed by atoms with Crippen molar-refractivity contribution in [2.24, 2.45) is 5.92 Å². The van der Waals surface area contributed by atoms with E-state index in [1.807, 2.05) is 45.0 Å². The number of ether oxygens (including phenoxy) is 1. The Morgan fingerprint density at radius 3 is 2.27 bits per heavy atom. The van der Waals surface area contributed by atoms with Crippen molar-refractivity contribution < 1.29 is 14.3 Å². The van der Waals surface area contributed by atoms with Gasteiger partial charge >= 0.3 is 6.09 Å². The number of hydrogen-bond donors (Lipinski definition) is 2. The Bertz CT molecular complexity index is 617. The molecule has 0 saturated carbocycles. The monoisotopic (exact) mass is 361 g/mol. The summed E-state index contributed by atoms with van der Waals surface area (Å²) < 4.78 is 5.23. The van der Waals surface area contributed by atoms with Gasteiger partial charge in [-0.15, -0.1) is 0 Å². The number of nitrogens with zero attached hydrogens (tertiary/aromatic N) is 1. The molecule has 6 nitrogen and oxygen atoms in total. The van der Waals surface area contributed by atoms with Crippen LogP contribution in [-0.4, -0.2) is 42.6 Å². The first-order valence-corrected chi connectivity index (χ1v) is 9.24. The predicted octanol–water partition coefficient (Wildman–Crippen LogP) is 2.67. The number of likely N-dealkylation sites (tertiary alicyclic amines) is 1. The molecule has 0 unspecified atom stereocenters. The van der Waals surface area contributed by atoms with Crippen molar-refractivity contribution in [1.29, 1.82) is 0 Å². The molecule has 2 N–H and O–H groups in total. The molecule has 1 aromatic carbocycles. The van der Waals surface area contributed by atoms with Gasteiger partial charge in [0.15, 0.2) is 0 Å². The fraction of sp³-hybridized carbons (Fsp3) is 0.600. The van der Waals surface area contributed by atoms with Gasteiger partial charge in [-0.1, -0.05) is 24.3 Å². The number of carbonyl (C=O) groups excluding carboxylic acids is 2. The van der Waals surface area contributed by atoms with E-state index in [9.17, 15) is 9.59 Å². The molecule has 6 heteroatoms. The Balaban J connectivity index is 1.79. The first kappa shape index (κ1) is 20.2. The lowest BCUT2D eigenvalue weighted by Crippen LogP contribution is -2.38. The molecule has 0 aromatic heterocycles. The van der Waals surface area contributed by atoms with Crippen LogP contribution in [0.3, 0.4) is 0 Å². The molecular weight excluding hydrogens is 330 g/mol. The third kappa shape index (κ3) is 7.04. The van der Waals surface area contributed by atoms with Crippen LogP contribution in [0.25, 0.3) is 0 Å². The molecule has 0 atom stereocenters. The highest BCUT2D eigenvalue weighted by Gasteiger charge is 2.23. The molecule has 1 aliphatic rings. The van der Waals surface area contributed by atoms with Crippen LogP contribution in [0.2, 0.25) is 0 Å². The van der Waals surface area contributed by atoms with E-state index in [0.717, 1.165) is 37.1 Å². The lowest BCUT2D eigenvalue weighted by Gasteiger charge is -2.28. The predicted molar refractivity (Wildman–Crippen MR) is 102 cm³/mol. The van der Waals surface area contributed by atoms with Gasteiger partial charge in [0.25, 0.3) is 0 Å². The molecule has 2 amide bonds. The van der Waals surface area contributed by atoms with E-state index >= 15 is 0 Å². The highest BCUT2D eigenvalue weighted by atomic mass is 16.6. The van der Waals surface area contributed by atoms with Crippen LogP contribution in [0.4, 0.5) is 4.79 Å². The van der Waals surface area contributed by atoms with Gasteiger partial charge in [0.1, 0.15) is 5.60 Å². The van der Waals surface area contributed by atoms with Crippen molar-refractivity contribution in [3.05, 3.63) is 35.4 Å². The van der Waals surface area contributed by atoms with E-state index < -0.39 is 11.7 Å². The van der Waals surface area contributed by atoms with Gasteiger partial charge in [0, 0.05) is 19.0 Å². The van der Waals surface area contributed by atoms with E-state index in [-0.39, 0.29) is 11.8 Å². The van der Waals surface area contributed by atoms with Crippen molar-refractivity contribution in [2.45, 2.75) is 52.3 Å². The number of alkyl carbamates (subject to hydrolysis) is 1. The second-order valence-corrected chi connectivity index (χ2v) is 7.97. The lowest BCUT2D eigenvalue weighted by atomic mass is 9.96. The maximum Gasteiger partial charge on any atom is 0.407 e.